The van der Waals surface area contributed by atoms with E-state index < -0.39 is 27.3 Å². The number of hydrogen-bond donors (Lipinski definition) is 2. The number of carbonyl (C=O) groups is 2. The molecule has 2 fully saturated rings. The molecule has 0 aliphatic carbocycles. The second kappa shape index (κ2) is 4.20. The summed E-state index contributed by atoms with van der Waals surface area (Å²) in [6, 6.07) is 0. The molecule has 0 radical (unpaired) electrons. The Bertz CT molecular complexity index is 488. The van der Waals surface area contributed by atoms with E-state index in [0.717, 1.165) is 0 Å². The van der Waals surface area contributed by atoms with Gasteiger partial charge in [-0.2, -0.15) is 0 Å². The molecule has 7 nitrogen and oxygen atoms in total. The first kappa shape index (κ1) is 13.3. The number of rotatable bonds is 2. The fraction of sp³-hybridized carbons (Fsp3) is 0.800. The van der Waals surface area contributed by atoms with Gasteiger partial charge in [-0.05, 0) is 12.8 Å². The highest BCUT2D eigenvalue weighted by atomic mass is 32.2. The monoisotopic (exact) mass is 276 g/mol. The van der Waals surface area contributed by atoms with Gasteiger partial charge in [0.15, 0.2) is 9.84 Å². The van der Waals surface area contributed by atoms with Gasteiger partial charge in [-0.3, -0.25) is 9.59 Å². The van der Waals surface area contributed by atoms with Gasteiger partial charge in [-0.1, -0.05) is 0 Å². The third-order valence-corrected chi connectivity index (χ3v) is 5.39. The van der Waals surface area contributed by atoms with E-state index in [2.05, 4.69) is 0 Å². The summed E-state index contributed by atoms with van der Waals surface area (Å²) >= 11 is 0. The van der Waals surface area contributed by atoms with Crippen molar-refractivity contribution in [1.29, 1.82) is 0 Å². The molecule has 0 aromatic heterocycles. The van der Waals surface area contributed by atoms with E-state index >= 15 is 0 Å². The van der Waals surface area contributed by atoms with Crippen LogP contribution in [0.1, 0.15) is 12.8 Å². The number of nitrogens with zero attached hydrogens (tertiary/aromatic N) is 1. The minimum atomic E-state index is -3.11. The Morgan fingerprint density at radius 3 is 2.50 bits per heavy atom. The third kappa shape index (κ3) is 2.35. The standard InChI is InChI=1S/C10H16N2O5S/c11-10(9(14)15)2-3-12(6-10)8(13)7-1-4-18(16,17)5-7/h7H,1-6,11H2,(H,14,15). The highest BCUT2D eigenvalue weighted by molar-refractivity contribution is 7.91. The predicted octanol–water partition coefficient (Wildman–Crippen LogP) is -1.56. The van der Waals surface area contributed by atoms with E-state index in [4.69, 9.17) is 10.8 Å². The van der Waals surface area contributed by atoms with Gasteiger partial charge in [-0.25, -0.2) is 8.42 Å². The summed E-state index contributed by atoms with van der Waals surface area (Å²) in [6.45, 7) is 0.232. The minimum Gasteiger partial charge on any atom is -0.480 e. The normalized spacial score (nSPS) is 34.7. The Labute approximate surface area is 105 Å². The number of hydrogen-bond acceptors (Lipinski definition) is 5. The van der Waals surface area contributed by atoms with E-state index in [1.807, 2.05) is 0 Å². The van der Waals surface area contributed by atoms with Crippen LogP contribution in [0.15, 0.2) is 0 Å². The second-order valence-corrected chi connectivity index (χ2v) is 7.30. The van der Waals surface area contributed by atoms with Crippen molar-refractivity contribution in [2.24, 2.45) is 11.7 Å². The van der Waals surface area contributed by atoms with E-state index in [-0.39, 0.29) is 36.9 Å². The Morgan fingerprint density at radius 1 is 1.39 bits per heavy atom. The zero-order valence-electron chi connectivity index (χ0n) is 9.83. The van der Waals surface area contributed by atoms with Crippen LogP contribution in [0.3, 0.4) is 0 Å². The third-order valence-electron chi connectivity index (χ3n) is 3.62. The van der Waals surface area contributed by atoms with Crippen molar-refractivity contribution in [3.05, 3.63) is 0 Å². The lowest BCUT2D eigenvalue weighted by atomic mass is 10.0. The molecule has 8 heteroatoms. The van der Waals surface area contributed by atoms with Crippen molar-refractivity contribution in [1.82, 2.24) is 4.90 Å². The molecule has 2 heterocycles. The van der Waals surface area contributed by atoms with Gasteiger partial charge in [-0.15, -0.1) is 0 Å². The second-order valence-electron chi connectivity index (χ2n) is 5.07. The lowest BCUT2D eigenvalue weighted by Crippen LogP contribution is -2.51. The molecule has 2 atom stereocenters. The average Bonchev–Trinajstić information content (AvgIpc) is 2.82. The van der Waals surface area contributed by atoms with Crippen LogP contribution in [0, 0.1) is 5.92 Å². The topological polar surface area (TPSA) is 118 Å². The number of aliphatic carboxylic acids is 1. The van der Waals surface area contributed by atoms with E-state index in [0.29, 0.717) is 6.42 Å². The number of nitrogens with two attached hydrogens (primary N) is 1. The summed E-state index contributed by atoms with van der Waals surface area (Å²) in [7, 11) is -3.11. The highest BCUT2D eigenvalue weighted by Gasteiger charge is 2.45. The molecule has 0 aromatic carbocycles. The maximum atomic E-state index is 12.1. The van der Waals surface area contributed by atoms with Crippen molar-refractivity contribution in [3.8, 4) is 0 Å². The van der Waals surface area contributed by atoms with Crippen LogP contribution in [0.4, 0.5) is 0 Å². The van der Waals surface area contributed by atoms with Crippen LogP contribution < -0.4 is 5.73 Å². The van der Waals surface area contributed by atoms with Crippen LogP contribution in [0.25, 0.3) is 0 Å². The predicted molar refractivity (Wildman–Crippen MR) is 62.5 cm³/mol. The number of sulfone groups is 1. The maximum Gasteiger partial charge on any atom is 0.325 e. The summed E-state index contributed by atoms with van der Waals surface area (Å²) in [4.78, 5) is 24.4. The van der Waals surface area contributed by atoms with Crippen LogP contribution in [-0.4, -0.2) is 60.4 Å². The zero-order valence-corrected chi connectivity index (χ0v) is 10.6. The Morgan fingerprint density at radius 2 is 2.06 bits per heavy atom. The first-order valence-corrected chi connectivity index (χ1v) is 7.57. The molecule has 2 aliphatic rings. The molecular formula is C10H16N2O5S. The van der Waals surface area contributed by atoms with E-state index in [1.165, 1.54) is 4.90 Å². The molecule has 1 amide bonds. The summed E-state index contributed by atoms with van der Waals surface area (Å²) in [5, 5.41) is 8.96. The number of carboxylic acid groups (broad SMARTS) is 1. The Kier molecular flexibility index (Phi) is 3.10. The fourth-order valence-electron chi connectivity index (χ4n) is 2.44. The van der Waals surface area contributed by atoms with Crippen LogP contribution in [-0.2, 0) is 19.4 Å². The van der Waals surface area contributed by atoms with Crippen LogP contribution in [0.5, 0.6) is 0 Å². The zero-order chi connectivity index (χ0) is 13.6. The van der Waals surface area contributed by atoms with Crippen molar-refractivity contribution in [2.45, 2.75) is 18.4 Å². The van der Waals surface area contributed by atoms with Gasteiger partial charge in [0.25, 0.3) is 0 Å². The summed E-state index contributed by atoms with van der Waals surface area (Å²) in [6.07, 6.45) is 0.524. The van der Waals surface area contributed by atoms with E-state index in [1.54, 1.807) is 0 Å². The molecule has 2 saturated heterocycles. The number of carbonyl (C=O) groups excluding carboxylic acids is 1. The Hall–Kier alpha value is -1.15. The summed E-state index contributed by atoms with van der Waals surface area (Å²) in [5.41, 5.74) is 4.27. The quantitative estimate of drug-likeness (QED) is 0.629. The smallest absolute Gasteiger partial charge is 0.325 e. The van der Waals surface area contributed by atoms with Gasteiger partial charge < -0.3 is 15.7 Å². The number of amides is 1. The van der Waals surface area contributed by atoms with Gasteiger partial charge in [0.1, 0.15) is 5.54 Å². The van der Waals surface area contributed by atoms with Crippen LogP contribution in [0.2, 0.25) is 0 Å². The number of likely N-dealkylation sites (tertiary alicyclic amines) is 1. The number of carboxylic acids is 1. The molecular weight excluding hydrogens is 260 g/mol. The first-order chi connectivity index (χ1) is 8.23. The molecule has 3 N–H and O–H groups in total. The molecule has 2 rings (SSSR count). The van der Waals surface area contributed by atoms with Crippen LogP contribution >= 0.6 is 0 Å². The molecule has 2 unspecified atom stereocenters. The highest BCUT2D eigenvalue weighted by Crippen LogP contribution is 2.25. The summed E-state index contributed by atoms with van der Waals surface area (Å²) < 4.78 is 22.6. The average molecular weight is 276 g/mol. The van der Waals surface area contributed by atoms with E-state index in [9.17, 15) is 18.0 Å². The molecule has 0 aromatic rings. The largest absolute Gasteiger partial charge is 0.480 e. The SMILES string of the molecule is NC1(C(=O)O)CCN(C(=O)C2CCS(=O)(=O)C2)C1. The van der Waals surface area contributed by atoms with Crippen molar-refractivity contribution >= 4 is 21.7 Å². The van der Waals surface area contributed by atoms with Gasteiger partial charge in [0.05, 0.1) is 17.4 Å². The van der Waals surface area contributed by atoms with Crippen molar-refractivity contribution in [2.75, 3.05) is 24.6 Å². The fourth-order valence-corrected chi connectivity index (χ4v) is 4.18. The van der Waals surface area contributed by atoms with Gasteiger partial charge in [0, 0.05) is 13.1 Å². The van der Waals surface area contributed by atoms with Crippen molar-refractivity contribution < 1.29 is 23.1 Å². The molecule has 18 heavy (non-hydrogen) atoms. The van der Waals surface area contributed by atoms with Gasteiger partial charge >= 0.3 is 5.97 Å². The molecule has 2 aliphatic heterocycles. The lowest BCUT2D eigenvalue weighted by Gasteiger charge is -2.22. The van der Waals surface area contributed by atoms with Gasteiger partial charge in [0.2, 0.25) is 5.91 Å². The molecule has 0 spiro atoms. The lowest BCUT2D eigenvalue weighted by molar-refractivity contribution is -0.143. The minimum absolute atomic E-state index is 0.0317. The Balaban J connectivity index is 2.03. The first-order valence-electron chi connectivity index (χ1n) is 5.75. The summed E-state index contributed by atoms with van der Waals surface area (Å²) in [5.74, 6) is -2.05. The maximum absolute atomic E-state index is 12.1. The molecule has 102 valence electrons. The van der Waals surface area contributed by atoms with Crippen molar-refractivity contribution in [3.63, 3.8) is 0 Å². The molecule has 0 saturated carbocycles. The molecule has 0 bridgehead atoms.